The number of pyridine rings is 1. The fourth-order valence-corrected chi connectivity index (χ4v) is 2.68. The minimum atomic E-state index is 0.326. The van der Waals surface area contributed by atoms with Gasteiger partial charge in [-0.3, -0.25) is 0 Å². The molecule has 4 nitrogen and oxygen atoms in total. The molecule has 2 saturated heterocycles. The molecule has 0 spiro atoms. The smallest absolute Gasteiger partial charge is 0.215 e. The molecular formula is C14H21N3O. The minimum absolute atomic E-state index is 0.326. The normalized spacial score (nSPS) is 21.2. The standard InChI is InChI=1S/C14H21N3O/c1-2-11-17(10-1)13-4-3-5-14(16-13)18-12-6-8-15-9-7-12/h3-5,12,15H,1-2,6-11H2. The fourth-order valence-electron chi connectivity index (χ4n) is 2.68. The first-order valence-corrected chi connectivity index (χ1v) is 7.01. The number of nitrogens with zero attached hydrogens (tertiary/aromatic N) is 2. The van der Waals surface area contributed by atoms with Gasteiger partial charge in [-0.2, -0.15) is 4.98 Å². The zero-order valence-corrected chi connectivity index (χ0v) is 10.8. The number of piperidine rings is 1. The number of anilines is 1. The highest BCUT2D eigenvalue weighted by Gasteiger charge is 2.17. The van der Waals surface area contributed by atoms with E-state index in [2.05, 4.69) is 27.3 Å². The zero-order valence-electron chi connectivity index (χ0n) is 10.8. The molecule has 2 aliphatic rings. The lowest BCUT2D eigenvalue weighted by molar-refractivity contribution is 0.156. The molecule has 0 amide bonds. The largest absolute Gasteiger partial charge is 0.474 e. The molecule has 1 aromatic rings. The Hall–Kier alpha value is -1.29. The van der Waals surface area contributed by atoms with Gasteiger partial charge in [0.2, 0.25) is 5.88 Å². The number of ether oxygens (including phenoxy) is 1. The summed E-state index contributed by atoms with van der Waals surface area (Å²) in [5.74, 6) is 1.85. The van der Waals surface area contributed by atoms with Crippen molar-refractivity contribution in [2.24, 2.45) is 0 Å². The van der Waals surface area contributed by atoms with Gasteiger partial charge in [0.05, 0.1) is 0 Å². The quantitative estimate of drug-likeness (QED) is 0.884. The number of aromatic nitrogens is 1. The van der Waals surface area contributed by atoms with Crippen molar-refractivity contribution in [3.8, 4) is 5.88 Å². The third-order valence-electron chi connectivity index (χ3n) is 3.71. The average Bonchev–Trinajstić information content (AvgIpc) is 2.94. The van der Waals surface area contributed by atoms with Crippen LogP contribution < -0.4 is 15.0 Å². The van der Waals surface area contributed by atoms with E-state index in [9.17, 15) is 0 Å². The molecular weight excluding hydrogens is 226 g/mol. The van der Waals surface area contributed by atoms with E-state index in [-0.39, 0.29) is 0 Å². The average molecular weight is 247 g/mol. The highest BCUT2D eigenvalue weighted by molar-refractivity contribution is 5.41. The molecule has 0 radical (unpaired) electrons. The second kappa shape index (κ2) is 5.57. The molecule has 18 heavy (non-hydrogen) atoms. The van der Waals surface area contributed by atoms with E-state index in [1.807, 2.05) is 6.07 Å². The van der Waals surface area contributed by atoms with Gasteiger partial charge >= 0.3 is 0 Å². The summed E-state index contributed by atoms with van der Waals surface area (Å²) < 4.78 is 5.98. The van der Waals surface area contributed by atoms with Gasteiger partial charge in [0, 0.05) is 19.2 Å². The molecule has 1 N–H and O–H groups in total. The first kappa shape index (κ1) is 11.8. The van der Waals surface area contributed by atoms with Gasteiger partial charge in [-0.15, -0.1) is 0 Å². The van der Waals surface area contributed by atoms with E-state index in [1.54, 1.807) is 0 Å². The Morgan fingerprint density at radius 3 is 2.72 bits per heavy atom. The number of nitrogens with one attached hydrogen (secondary N) is 1. The van der Waals surface area contributed by atoms with E-state index >= 15 is 0 Å². The highest BCUT2D eigenvalue weighted by Crippen LogP contribution is 2.21. The Labute approximate surface area is 108 Å². The molecule has 3 heterocycles. The van der Waals surface area contributed by atoms with Crippen molar-refractivity contribution in [1.29, 1.82) is 0 Å². The predicted molar refractivity (Wildman–Crippen MR) is 72.2 cm³/mol. The van der Waals surface area contributed by atoms with Crippen molar-refractivity contribution < 1.29 is 4.74 Å². The van der Waals surface area contributed by atoms with E-state index in [0.29, 0.717) is 6.10 Å². The molecule has 3 rings (SSSR count). The van der Waals surface area contributed by atoms with Crippen molar-refractivity contribution in [3.63, 3.8) is 0 Å². The summed E-state index contributed by atoms with van der Waals surface area (Å²) in [5.41, 5.74) is 0. The maximum atomic E-state index is 5.98. The fraction of sp³-hybridized carbons (Fsp3) is 0.643. The Balaban J connectivity index is 1.66. The third-order valence-corrected chi connectivity index (χ3v) is 3.71. The molecule has 0 aliphatic carbocycles. The maximum Gasteiger partial charge on any atom is 0.215 e. The molecule has 98 valence electrons. The Morgan fingerprint density at radius 2 is 1.94 bits per heavy atom. The molecule has 2 fully saturated rings. The van der Waals surface area contributed by atoms with Gasteiger partial charge < -0.3 is 15.0 Å². The van der Waals surface area contributed by atoms with E-state index in [1.165, 1.54) is 12.8 Å². The van der Waals surface area contributed by atoms with Gasteiger partial charge in [-0.1, -0.05) is 6.07 Å². The van der Waals surface area contributed by atoms with Crippen molar-refractivity contribution >= 4 is 5.82 Å². The van der Waals surface area contributed by atoms with Crippen LogP contribution in [-0.4, -0.2) is 37.3 Å². The Kier molecular flexibility index (Phi) is 3.64. The third kappa shape index (κ3) is 2.75. The second-order valence-corrected chi connectivity index (χ2v) is 5.10. The van der Waals surface area contributed by atoms with E-state index in [0.717, 1.165) is 50.7 Å². The molecule has 1 aromatic heterocycles. The molecule has 0 atom stereocenters. The second-order valence-electron chi connectivity index (χ2n) is 5.10. The highest BCUT2D eigenvalue weighted by atomic mass is 16.5. The van der Waals surface area contributed by atoms with Crippen LogP contribution in [0, 0.1) is 0 Å². The summed E-state index contributed by atoms with van der Waals surface area (Å²) in [6, 6.07) is 6.11. The van der Waals surface area contributed by atoms with Gasteiger partial charge in [0.15, 0.2) is 0 Å². The van der Waals surface area contributed by atoms with Crippen molar-refractivity contribution in [2.75, 3.05) is 31.1 Å². The molecule has 4 heteroatoms. The minimum Gasteiger partial charge on any atom is -0.474 e. The van der Waals surface area contributed by atoms with Crippen molar-refractivity contribution in [1.82, 2.24) is 10.3 Å². The van der Waals surface area contributed by atoms with Crippen LogP contribution in [0.5, 0.6) is 5.88 Å². The summed E-state index contributed by atoms with van der Waals surface area (Å²) in [5, 5.41) is 3.35. The van der Waals surface area contributed by atoms with Gasteiger partial charge in [-0.25, -0.2) is 0 Å². The van der Waals surface area contributed by atoms with Gasteiger partial charge in [-0.05, 0) is 44.8 Å². The summed E-state index contributed by atoms with van der Waals surface area (Å²) in [6.45, 7) is 4.36. The van der Waals surface area contributed by atoms with E-state index < -0.39 is 0 Å². The first-order chi connectivity index (χ1) is 8.92. The van der Waals surface area contributed by atoms with Crippen LogP contribution in [0.4, 0.5) is 5.82 Å². The topological polar surface area (TPSA) is 37.4 Å². The monoisotopic (exact) mass is 247 g/mol. The lowest BCUT2D eigenvalue weighted by atomic mass is 10.1. The van der Waals surface area contributed by atoms with E-state index in [4.69, 9.17) is 4.74 Å². The van der Waals surface area contributed by atoms with Crippen LogP contribution in [-0.2, 0) is 0 Å². The van der Waals surface area contributed by atoms with Crippen LogP contribution in [0.2, 0.25) is 0 Å². The first-order valence-electron chi connectivity index (χ1n) is 7.01. The summed E-state index contributed by atoms with van der Waals surface area (Å²) in [4.78, 5) is 6.97. The summed E-state index contributed by atoms with van der Waals surface area (Å²) >= 11 is 0. The van der Waals surface area contributed by atoms with Crippen molar-refractivity contribution in [3.05, 3.63) is 18.2 Å². The number of hydrogen-bond donors (Lipinski definition) is 1. The van der Waals surface area contributed by atoms with Crippen molar-refractivity contribution in [2.45, 2.75) is 31.8 Å². The van der Waals surface area contributed by atoms with Crippen LogP contribution in [0.25, 0.3) is 0 Å². The van der Waals surface area contributed by atoms with Crippen LogP contribution >= 0.6 is 0 Å². The Morgan fingerprint density at radius 1 is 1.17 bits per heavy atom. The SMILES string of the molecule is c1cc(OC2CCNCC2)nc(N2CCCC2)c1. The lowest BCUT2D eigenvalue weighted by Crippen LogP contribution is -2.34. The number of rotatable bonds is 3. The molecule has 0 unspecified atom stereocenters. The summed E-state index contributed by atoms with van der Waals surface area (Å²) in [6.07, 6.45) is 5.04. The van der Waals surface area contributed by atoms with Gasteiger partial charge in [0.1, 0.15) is 11.9 Å². The molecule has 0 aromatic carbocycles. The molecule has 0 bridgehead atoms. The maximum absolute atomic E-state index is 5.98. The molecule has 2 aliphatic heterocycles. The van der Waals surface area contributed by atoms with Gasteiger partial charge in [0.25, 0.3) is 0 Å². The number of hydrogen-bond acceptors (Lipinski definition) is 4. The summed E-state index contributed by atoms with van der Waals surface area (Å²) in [7, 11) is 0. The van der Waals surface area contributed by atoms with Crippen LogP contribution in [0.15, 0.2) is 18.2 Å². The zero-order chi connectivity index (χ0) is 12.2. The van der Waals surface area contributed by atoms with Crippen LogP contribution in [0.3, 0.4) is 0 Å². The Bertz CT molecular complexity index is 384. The predicted octanol–water partition coefficient (Wildman–Crippen LogP) is 1.81. The lowest BCUT2D eigenvalue weighted by Gasteiger charge is -2.24. The van der Waals surface area contributed by atoms with Crippen LogP contribution in [0.1, 0.15) is 25.7 Å². The molecule has 0 saturated carbocycles.